The van der Waals surface area contributed by atoms with Crippen LogP contribution >= 0.6 is 0 Å². The molecule has 0 saturated carbocycles. The zero-order chi connectivity index (χ0) is 14.0. The molecule has 4 heteroatoms. The number of carboxylic acids is 1. The molecule has 2 rings (SSSR count). The lowest BCUT2D eigenvalue weighted by Gasteiger charge is -2.39. The van der Waals surface area contributed by atoms with Gasteiger partial charge in [-0.15, -0.1) is 0 Å². The fourth-order valence-electron chi connectivity index (χ4n) is 2.76. The molecule has 0 bridgehead atoms. The van der Waals surface area contributed by atoms with Crippen LogP contribution in [0.1, 0.15) is 53.8 Å². The van der Waals surface area contributed by atoms with E-state index in [1.54, 1.807) is 12.1 Å². The number of rotatable bonds is 2. The SMILES string of the molecule is CC1CCCC(C)N1C(=O)c1cccc(C(=O)O)c1. The highest BCUT2D eigenvalue weighted by molar-refractivity contribution is 5.97. The first-order valence-electron chi connectivity index (χ1n) is 6.66. The summed E-state index contributed by atoms with van der Waals surface area (Å²) in [6.45, 7) is 4.10. The summed E-state index contributed by atoms with van der Waals surface area (Å²) in [7, 11) is 0. The third-order valence-electron chi connectivity index (χ3n) is 3.78. The van der Waals surface area contributed by atoms with Crippen molar-refractivity contribution < 1.29 is 14.7 Å². The van der Waals surface area contributed by atoms with Gasteiger partial charge in [-0.25, -0.2) is 4.79 Å². The van der Waals surface area contributed by atoms with Crippen molar-refractivity contribution in [2.45, 2.75) is 45.2 Å². The summed E-state index contributed by atoms with van der Waals surface area (Å²) in [5, 5.41) is 8.98. The average molecular weight is 261 g/mol. The van der Waals surface area contributed by atoms with E-state index in [0.29, 0.717) is 5.56 Å². The molecule has 1 aliphatic rings. The summed E-state index contributed by atoms with van der Waals surface area (Å²) in [4.78, 5) is 25.4. The lowest BCUT2D eigenvalue weighted by molar-refractivity contribution is 0.0511. The van der Waals surface area contributed by atoms with Crippen molar-refractivity contribution in [3.8, 4) is 0 Å². The molecule has 1 amide bonds. The van der Waals surface area contributed by atoms with E-state index in [1.165, 1.54) is 12.1 Å². The third kappa shape index (κ3) is 2.78. The fourth-order valence-corrected chi connectivity index (χ4v) is 2.76. The highest BCUT2D eigenvalue weighted by Gasteiger charge is 2.29. The van der Waals surface area contributed by atoms with Crippen molar-refractivity contribution in [2.24, 2.45) is 0 Å². The summed E-state index contributed by atoms with van der Waals surface area (Å²) < 4.78 is 0. The lowest BCUT2D eigenvalue weighted by Crippen LogP contribution is -2.47. The standard InChI is InChI=1S/C15H19NO3/c1-10-5-3-6-11(2)16(10)14(17)12-7-4-8-13(9-12)15(18)19/h4,7-11H,3,5-6H2,1-2H3,(H,18,19). The van der Waals surface area contributed by atoms with Crippen molar-refractivity contribution in [3.05, 3.63) is 35.4 Å². The van der Waals surface area contributed by atoms with Crippen LogP contribution in [0.3, 0.4) is 0 Å². The first-order valence-corrected chi connectivity index (χ1v) is 6.66. The number of nitrogens with zero attached hydrogens (tertiary/aromatic N) is 1. The quantitative estimate of drug-likeness (QED) is 0.890. The van der Waals surface area contributed by atoms with Crippen molar-refractivity contribution in [3.63, 3.8) is 0 Å². The lowest BCUT2D eigenvalue weighted by atomic mass is 9.96. The molecule has 0 spiro atoms. The zero-order valence-corrected chi connectivity index (χ0v) is 11.3. The number of carbonyl (C=O) groups excluding carboxylic acids is 1. The molecule has 4 nitrogen and oxygen atoms in total. The molecule has 0 radical (unpaired) electrons. The molecule has 19 heavy (non-hydrogen) atoms. The summed E-state index contributed by atoms with van der Waals surface area (Å²) in [6, 6.07) is 6.69. The Morgan fingerprint density at radius 3 is 2.32 bits per heavy atom. The smallest absolute Gasteiger partial charge is 0.335 e. The number of hydrogen-bond donors (Lipinski definition) is 1. The van der Waals surface area contributed by atoms with Gasteiger partial charge in [0.1, 0.15) is 0 Å². The van der Waals surface area contributed by atoms with E-state index < -0.39 is 5.97 Å². The Balaban J connectivity index is 2.27. The van der Waals surface area contributed by atoms with Crippen LogP contribution in [0.5, 0.6) is 0 Å². The second-order valence-electron chi connectivity index (χ2n) is 5.23. The van der Waals surface area contributed by atoms with Gasteiger partial charge in [0.05, 0.1) is 5.56 Å². The van der Waals surface area contributed by atoms with E-state index in [1.807, 2.05) is 4.90 Å². The van der Waals surface area contributed by atoms with Crippen molar-refractivity contribution in [1.82, 2.24) is 4.90 Å². The number of likely N-dealkylation sites (tertiary alicyclic amines) is 1. The molecule has 1 aliphatic heterocycles. The van der Waals surface area contributed by atoms with E-state index >= 15 is 0 Å². The Hall–Kier alpha value is -1.84. The Labute approximate surface area is 113 Å². The summed E-state index contributed by atoms with van der Waals surface area (Å²) in [5.74, 6) is -1.07. The van der Waals surface area contributed by atoms with E-state index in [2.05, 4.69) is 13.8 Å². The zero-order valence-electron chi connectivity index (χ0n) is 11.3. The van der Waals surface area contributed by atoms with Crippen LogP contribution in [0.25, 0.3) is 0 Å². The van der Waals surface area contributed by atoms with Gasteiger partial charge in [0.2, 0.25) is 0 Å². The fraction of sp³-hybridized carbons (Fsp3) is 0.467. The Bertz CT molecular complexity index is 488. The normalized spacial score (nSPS) is 23.2. The molecule has 1 N–H and O–H groups in total. The molecular formula is C15H19NO3. The van der Waals surface area contributed by atoms with Gasteiger partial charge < -0.3 is 10.0 Å². The molecule has 1 heterocycles. The Morgan fingerprint density at radius 1 is 1.16 bits per heavy atom. The molecule has 1 fully saturated rings. The minimum absolute atomic E-state index is 0.0669. The van der Waals surface area contributed by atoms with Crippen LogP contribution in [0, 0.1) is 0 Å². The highest BCUT2D eigenvalue weighted by Crippen LogP contribution is 2.24. The predicted molar refractivity (Wildman–Crippen MR) is 72.3 cm³/mol. The molecule has 102 valence electrons. The first kappa shape index (κ1) is 13.6. The average Bonchev–Trinajstić information content (AvgIpc) is 2.38. The molecular weight excluding hydrogens is 242 g/mol. The highest BCUT2D eigenvalue weighted by atomic mass is 16.4. The number of carbonyl (C=O) groups is 2. The number of piperidine rings is 1. The first-order chi connectivity index (χ1) is 9.00. The number of aromatic carboxylic acids is 1. The second-order valence-corrected chi connectivity index (χ2v) is 5.23. The van der Waals surface area contributed by atoms with Gasteiger partial charge in [-0.2, -0.15) is 0 Å². The number of hydrogen-bond acceptors (Lipinski definition) is 2. The number of amides is 1. The van der Waals surface area contributed by atoms with Crippen LogP contribution in [0.4, 0.5) is 0 Å². The maximum Gasteiger partial charge on any atom is 0.335 e. The van der Waals surface area contributed by atoms with Gasteiger partial charge in [0, 0.05) is 17.6 Å². The molecule has 1 saturated heterocycles. The molecule has 1 aromatic carbocycles. The Morgan fingerprint density at radius 2 is 1.74 bits per heavy atom. The van der Waals surface area contributed by atoms with Crippen LogP contribution in [-0.4, -0.2) is 34.0 Å². The van der Waals surface area contributed by atoms with E-state index in [-0.39, 0.29) is 23.6 Å². The van der Waals surface area contributed by atoms with Crippen molar-refractivity contribution >= 4 is 11.9 Å². The summed E-state index contributed by atoms with van der Waals surface area (Å²) in [6.07, 6.45) is 3.16. The molecule has 1 aromatic rings. The van der Waals surface area contributed by atoms with E-state index in [4.69, 9.17) is 5.11 Å². The maximum atomic E-state index is 12.5. The molecule has 2 atom stereocenters. The minimum Gasteiger partial charge on any atom is -0.478 e. The van der Waals surface area contributed by atoms with Crippen LogP contribution in [0.15, 0.2) is 24.3 Å². The maximum absolute atomic E-state index is 12.5. The van der Waals surface area contributed by atoms with Gasteiger partial charge in [-0.05, 0) is 51.3 Å². The van der Waals surface area contributed by atoms with Gasteiger partial charge in [-0.1, -0.05) is 6.07 Å². The van der Waals surface area contributed by atoms with Gasteiger partial charge >= 0.3 is 5.97 Å². The summed E-state index contributed by atoms with van der Waals surface area (Å²) >= 11 is 0. The molecule has 2 unspecified atom stereocenters. The van der Waals surface area contributed by atoms with Crippen molar-refractivity contribution in [1.29, 1.82) is 0 Å². The third-order valence-corrected chi connectivity index (χ3v) is 3.78. The van der Waals surface area contributed by atoms with Crippen LogP contribution in [0.2, 0.25) is 0 Å². The van der Waals surface area contributed by atoms with E-state index in [9.17, 15) is 9.59 Å². The van der Waals surface area contributed by atoms with Crippen molar-refractivity contribution in [2.75, 3.05) is 0 Å². The van der Waals surface area contributed by atoms with Crippen LogP contribution in [-0.2, 0) is 0 Å². The molecule has 0 aliphatic carbocycles. The minimum atomic E-state index is -1.01. The largest absolute Gasteiger partial charge is 0.478 e. The van der Waals surface area contributed by atoms with Gasteiger partial charge in [0.25, 0.3) is 5.91 Å². The topological polar surface area (TPSA) is 57.6 Å². The van der Waals surface area contributed by atoms with Gasteiger partial charge in [0.15, 0.2) is 0 Å². The summed E-state index contributed by atoms with van der Waals surface area (Å²) in [5.41, 5.74) is 0.615. The van der Waals surface area contributed by atoms with Gasteiger partial charge in [-0.3, -0.25) is 4.79 Å². The molecule has 0 aromatic heterocycles. The monoisotopic (exact) mass is 261 g/mol. The Kier molecular flexibility index (Phi) is 3.88. The van der Waals surface area contributed by atoms with E-state index in [0.717, 1.165) is 19.3 Å². The predicted octanol–water partition coefficient (Wildman–Crippen LogP) is 2.79. The second kappa shape index (κ2) is 5.43. The number of carboxylic acid groups (broad SMARTS) is 1. The van der Waals surface area contributed by atoms with Crippen LogP contribution < -0.4 is 0 Å². The number of benzene rings is 1.